The molecule has 2 amide bonds. The van der Waals surface area contributed by atoms with Gasteiger partial charge in [-0.15, -0.1) is 0 Å². The van der Waals surface area contributed by atoms with Crippen molar-refractivity contribution >= 4 is 40.8 Å². The van der Waals surface area contributed by atoms with Crippen LogP contribution in [0.1, 0.15) is 24.2 Å². The lowest BCUT2D eigenvalue weighted by molar-refractivity contribution is -0.120. The minimum absolute atomic E-state index is 0.117. The van der Waals surface area contributed by atoms with Crippen molar-refractivity contribution in [3.05, 3.63) is 58.8 Å². The maximum atomic E-state index is 13.1. The SMILES string of the molecule is COc1ccc(OC)c(NC2=C(Cl)C(=O)N(c3cccc(C(=O)OC(C)C)c3)C2=O)c1. The van der Waals surface area contributed by atoms with Crippen LogP contribution in [0.5, 0.6) is 11.5 Å². The summed E-state index contributed by atoms with van der Waals surface area (Å²) in [7, 11) is 2.97. The molecule has 1 heterocycles. The Balaban J connectivity index is 1.91. The molecule has 0 fully saturated rings. The second kappa shape index (κ2) is 9.09. The molecule has 0 aromatic heterocycles. The number of nitrogens with zero attached hydrogens (tertiary/aromatic N) is 1. The van der Waals surface area contributed by atoms with Crippen LogP contribution in [0.4, 0.5) is 11.4 Å². The highest BCUT2D eigenvalue weighted by atomic mass is 35.5. The zero-order chi connectivity index (χ0) is 22.7. The van der Waals surface area contributed by atoms with Gasteiger partial charge in [-0.2, -0.15) is 0 Å². The van der Waals surface area contributed by atoms with Gasteiger partial charge in [0.05, 0.1) is 37.3 Å². The molecule has 1 aliphatic rings. The number of methoxy groups -OCH3 is 2. The summed E-state index contributed by atoms with van der Waals surface area (Å²) in [4.78, 5) is 38.9. The Kier molecular flexibility index (Phi) is 6.50. The number of esters is 1. The highest BCUT2D eigenvalue weighted by Crippen LogP contribution is 2.35. The van der Waals surface area contributed by atoms with Crippen molar-refractivity contribution < 1.29 is 28.6 Å². The third kappa shape index (κ3) is 4.49. The molecule has 0 radical (unpaired) electrons. The van der Waals surface area contributed by atoms with Gasteiger partial charge in [-0.25, -0.2) is 9.69 Å². The van der Waals surface area contributed by atoms with E-state index in [1.807, 2.05) is 0 Å². The summed E-state index contributed by atoms with van der Waals surface area (Å²) in [5, 5.41) is 2.58. The Labute approximate surface area is 184 Å². The van der Waals surface area contributed by atoms with Crippen LogP contribution in [-0.2, 0) is 14.3 Å². The van der Waals surface area contributed by atoms with Crippen molar-refractivity contribution in [2.75, 3.05) is 24.4 Å². The van der Waals surface area contributed by atoms with E-state index < -0.39 is 17.8 Å². The Morgan fingerprint density at radius 3 is 2.42 bits per heavy atom. The number of nitrogens with one attached hydrogen (secondary N) is 1. The molecule has 0 atom stereocenters. The first-order chi connectivity index (χ1) is 14.8. The lowest BCUT2D eigenvalue weighted by Gasteiger charge is -2.17. The molecule has 8 nitrogen and oxygen atoms in total. The lowest BCUT2D eigenvalue weighted by Crippen LogP contribution is -2.32. The first-order valence-electron chi connectivity index (χ1n) is 9.35. The number of carbonyl (C=O) groups excluding carboxylic acids is 3. The summed E-state index contributed by atoms with van der Waals surface area (Å²) < 4.78 is 15.7. The fraction of sp³-hybridized carbons (Fsp3) is 0.227. The summed E-state index contributed by atoms with van der Waals surface area (Å²) in [6.07, 6.45) is -0.309. The first-order valence-corrected chi connectivity index (χ1v) is 9.73. The molecule has 9 heteroatoms. The molecule has 0 unspecified atom stereocenters. The molecular weight excluding hydrogens is 424 g/mol. The van der Waals surface area contributed by atoms with E-state index in [2.05, 4.69) is 5.32 Å². The zero-order valence-electron chi connectivity index (χ0n) is 17.4. The number of imide groups is 1. The fourth-order valence-electron chi connectivity index (χ4n) is 2.95. The van der Waals surface area contributed by atoms with Crippen molar-refractivity contribution in [3.8, 4) is 11.5 Å². The van der Waals surface area contributed by atoms with E-state index in [1.165, 1.54) is 32.4 Å². The lowest BCUT2D eigenvalue weighted by atomic mass is 10.2. The second-order valence-corrected chi connectivity index (χ2v) is 7.21. The van der Waals surface area contributed by atoms with Gasteiger partial charge < -0.3 is 19.5 Å². The third-order valence-corrected chi connectivity index (χ3v) is 4.73. The van der Waals surface area contributed by atoms with E-state index in [1.54, 1.807) is 38.1 Å². The molecule has 0 spiro atoms. The van der Waals surface area contributed by atoms with Crippen LogP contribution in [-0.4, -0.2) is 38.1 Å². The van der Waals surface area contributed by atoms with Gasteiger partial charge in [0.1, 0.15) is 22.2 Å². The van der Waals surface area contributed by atoms with Crippen LogP contribution < -0.4 is 19.7 Å². The average molecular weight is 445 g/mol. The minimum Gasteiger partial charge on any atom is -0.497 e. The monoisotopic (exact) mass is 444 g/mol. The molecular formula is C22H21ClN2O6. The number of hydrogen-bond donors (Lipinski definition) is 1. The van der Waals surface area contributed by atoms with Crippen molar-refractivity contribution in [3.63, 3.8) is 0 Å². The highest BCUT2D eigenvalue weighted by Gasteiger charge is 2.39. The number of hydrogen-bond acceptors (Lipinski definition) is 7. The molecule has 1 N–H and O–H groups in total. The second-order valence-electron chi connectivity index (χ2n) is 6.83. The zero-order valence-corrected chi connectivity index (χ0v) is 18.1. The van der Waals surface area contributed by atoms with E-state index >= 15 is 0 Å². The maximum absolute atomic E-state index is 13.1. The van der Waals surface area contributed by atoms with E-state index in [4.69, 9.17) is 25.8 Å². The summed E-state index contributed by atoms with van der Waals surface area (Å²) in [6.45, 7) is 3.45. The molecule has 1 aliphatic heterocycles. The summed E-state index contributed by atoms with van der Waals surface area (Å²) >= 11 is 6.20. The number of ether oxygens (including phenoxy) is 3. The Hall–Kier alpha value is -3.52. The number of rotatable bonds is 7. The molecule has 0 bridgehead atoms. The van der Waals surface area contributed by atoms with Gasteiger partial charge in [-0.3, -0.25) is 9.59 Å². The smallest absolute Gasteiger partial charge is 0.338 e. The minimum atomic E-state index is -0.717. The van der Waals surface area contributed by atoms with Crippen LogP contribution >= 0.6 is 11.6 Å². The molecule has 3 rings (SSSR count). The van der Waals surface area contributed by atoms with E-state index in [-0.39, 0.29) is 28.1 Å². The normalized spacial score (nSPS) is 13.7. The van der Waals surface area contributed by atoms with Gasteiger partial charge >= 0.3 is 5.97 Å². The van der Waals surface area contributed by atoms with Crippen LogP contribution in [0.3, 0.4) is 0 Å². The number of halogens is 1. The third-order valence-electron chi connectivity index (χ3n) is 4.38. The maximum Gasteiger partial charge on any atom is 0.338 e. The van der Waals surface area contributed by atoms with E-state index in [0.717, 1.165) is 4.90 Å². The van der Waals surface area contributed by atoms with Crippen LogP contribution in [0.15, 0.2) is 53.2 Å². The Morgan fingerprint density at radius 2 is 1.77 bits per heavy atom. The summed E-state index contributed by atoms with van der Waals surface area (Å²) in [5.74, 6) is -1.01. The standard InChI is InChI=1S/C22H21ClN2O6/c1-12(2)31-22(28)13-6-5-7-14(10-13)25-20(26)18(23)19(21(25)27)24-16-11-15(29-3)8-9-17(16)30-4/h5-12,24H,1-4H3. The quantitative estimate of drug-likeness (QED) is 0.514. The molecule has 162 valence electrons. The van der Waals surface area contributed by atoms with Gasteiger partial charge in [-0.05, 0) is 44.2 Å². The van der Waals surface area contributed by atoms with Crippen LogP contribution in [0.2, 0.25) is 0 Å². The van der Waals surface area contributed by atoms with Crippen LogP contribution in [0, 0.1) is 0 Å². The molecule has 2 aromatic rings. The molecule has 2 aromatic carbocycles. The number of anilines is 2. The fourth-order valence-corrected chi connectivity index (χ4v) is 3.16. The van der Waals surface area contributed by atoms with Crippen LogP contribution in [0.25, 0.3) is 0 Å². The summed E-state index contributed by atoms with van der Waals surface area (Å²) in [5.41, 5.74) is 0.681. The van der Waals surface area contributed by atoms with Crippen molar-refractivity contribution in [1.82, 2.24) is 0 Å². The van der Waals surface area contributed by atoms with E-state index in [9.17, 15) is 14.4 Å². The summed E-state index contributed by atoms with van der Waals surface area (Å²) in [6, 6.07) is 11.0. The predicted molar refractivity (Wildman–Crippen MR) is 116 cm³/mol. The average Bonchev–Trinajstić information content (AvgIpc) is 2.96. The van der Waals surface area contributed by atoms with Gasteiger partial charge in [-0.1, -0.05) is 17.7 Å². The first kappa shape index (κ1) is 22.2. The van der Waals surface area contributed by atoms with Gasteiger partial charge in [0.15, 0.2) is 0 Å². The van der Waals surface area contributed by atoms with Gasteiger partial charge in [0.25, 0.3) is 11.8 Å². The van der Waals surface area contributed by atoms with Crippen molar-refractivity contribution in [2.45, 2.75) is 20.0 Å². The molecule has 0 aliphatic carbocycles. The largest absolute Gasteiger partial charge is 0.497 e. The number of benzene rings is 2. The van der Waals surface area contributed by atoms with Crippen molar-refractivity contribution in [1.29, 1.82) is 0 Å². The predicted octanol–water partition coefficient (Wildman–Crippen LogP) is 3.70. The molecule has 0 saturated carbocycles. The molecule has 31 heavy (non-hydrogen) atoms. The Morgan fingerprint density at radius 1 is 1.03 bits per heavy atom. The highest BCUT2D eigenvalue weighted by molar-refractivity contribution is 6.53. The Bertz CT molecular complexity index is 1080. The molecule has 0 saturated heterocycles. The van der Waals surface area contributed by atoms with Gasteiger partial charge in [0.2, 0.25) is 0 Å². The number of carbonyl (C=O) groups is 3. The number of amides is 2. The van der Waals surface area contributed by atoms with E-state index in [0.29, 0.717) is 17.2 Å². The topological polar surface area (TPSA) is 94.2 Å². The van der Waals surface area contributed by atoms with Gasteiger partial charge in [0, 0.05) is 6.07 Å². The van der Waals surface area contributed by atoms with Crippen molar-refractivity contribution in [2.24, 2.45) is 0 Å².